The third-order valence-electron chi connectivity index (χ3n) is 2.17. The average Bonchev–Trinajstić information content (AvgIpc) is 2.06. The maximum atomic E-state index is 11.3. The van der Waals surface area contributed by atoms with Crippen LogP contribution in [0.15, 0.2) is 0 Å². The van der Waals surface area contributed by atoms with Crippen molar-refractivity contribution in [2.45, 2.75) is 38.8 Å². The Balaban J connectivity index is 2.58. The van der Waals surface area contributed by atoms with Crippen LogP contribution < -0.4 is 0 Å². The molecule has 0 aromatic carbocycles. The van der Waals surface area contributed by atoms with Gasteiger partial charge in [-0.05, 0) is 13.3 Å². The van der Waals surface area contributed by atoms with Gasteiger partial charge >= 0.3 is 5.97 Å². The Morgan fingerprint density at radius 1 is 1.75 bits per heavy atom. The minimum Gasteiger partial charge on any atom is -0.463 e. The Labute approximate surface area is 75.7 Å². The van der Waals surface area contributed by atoms with E-state index in [0.29, 0.717) is 12.6 Å². The summed E-state index contributed by atoms with van der Waals surface area (Å²) in [5, 5.41) is 0. The lowest BCUT2D eigenvalue weighted by atomic mass is 10.1. The smallest absolute Gasteiger partial charge is 0.323 e. The van der Waals surface area contributed by atoms with Crippen LogP contribution in [0, 0.1) is 0 Å². The van der Waals surface area contributed by atoms with Gasteiger partial charge in [-0.25, -0.2) is 0 Å². The van der Waals surface area contributed by atoms with Gasteiger partial charge < -0.3 is 4.74 Å². The van der Waals surface area contributed by atoms with Gasteiger partial charge in [0, 0.05) is 6.04 Å². The van der Waals surface area contributed by atoms with Crippen LogP contribution in [-0.2, 0) is 9.53 Å². The number of rotatable bonds is 2. The zero-order valence-electron chi connectivity index (χ0n) is 7.62. The van der Waals surface area contributed by atoms with Gasteiger partial charge in [0.2, 0.25) is 0 Å². The van der Waals surface area contributed by atoms with Crippen molar-refractivity contribution in [1.82, 2.24) is 4.67 Å². The predicted molar refractivity (Wildman–Crippen MR) is 50.7 cm³/mol. The highest BCUT2D eigenvalue weighted by atomic mass is 31.0. The highest BCUT2D eigenvalue weighted by Crippen LogP contribution is 2.21. The molecule has 0 bridgehead atoms. The molecule has 1 rings (SSSR count). The molecule has 70 valence electrons. The maximum Gasteiger partial charge on any atom is 0.323 e. The normalized spacial score (nSPS) is 31.8. The first-order chi connectivity index (χ1) is 5.66. The fourth-order valence-corrected chi connectivity index (χ4v) is 1.71. The molecular weight excluding hydrogens is 173 g/mol. The summed E-state index contributed by atoms with van der Waals surface area (Å²) in [4.78, 5) is 11.3. The Kier molecular flexibility index (Phi) is 3.48. The third kappa shape index (κ3) is 1.96. The third-order valence-corrected chi connectivity index (χ3v) is 3.04. The van der Waals surface area contributed by atoms with Gasteiger partial charge in [0.1, 0.15) is 12.6 Å². The molecule has 1 heterocycles. The molecule has 0 N–H and O–H groups in total. The van der Waals surface area contributed by atoms with Crippen molar-refractivity contribution in [2.24, 2.45) is 0 Å². The topological polar surface area (TPSA) is 29.5 Å². The molecular formula is C8H16NO2P. The Hall–Kier alpha value is -0.140. The molecule has 0 saturated carbocycles. The summed E-state index contributed by atoms with van der Waals surface area (Å²) in [6, 6.07) is 0.271. The quantitative estimate of drug-likeness (QED) is 0.482. The highest BCUT2D eigenvalue weighted by Gasteiger charge is 2.32. The number of morpholine rings is 1. The molecule has 1 saturated heterocycles. The molecule has 1 aliphatic heterocycles. The first kappa shape index (κ1) is 9.94. The molecule has 0 aliphatic carbocycles. The molecule has 0 aromatic rings. The number of esters is 1. The molecule has 0 aromatic heterocycles. The van der Waals surface area contributed by atoms with Crippen molar-refractivity contribution >= 4 is 15.4 Å². The first-order valence-electron chi connectivity index (χ1n) is 4.36. The van der Waals surface area contributed by atoms with Crippen LogP contribution in [0.4, 0.5) is 0 Å². The van der Waals surface area contributed by atoms with E-state index in [9.17, 15) is 4.79 Å². The minimum atomic E-state index is -0.0787. The van der Waals surface area contributed by atoms with E-state index in [1.165, 1.54) is 0 Å². The van der Waals surface area contributed by atoms with Crippen molar-refractivity contribution in [3.05, 3.63) is 0 Å². The summed E-state index contributed by atoms with van der Waals surface area (Å²) < 4.78 is 7.05. The van der Waals surface area contributed by atoms with Crippen molar-refractivity contribution in [3.8, 4) is 0 Å². The van der Waals surface area contributed by atoms with Gasteiger partial charge in [-0.2, -0.15) is 0 Å². The summed E-state index contributed by atoms with van der Waals surface area (Å²) in [7, 11) is 2.61. The van der Waals surface area contributed by atoms with E-state index >= 15 is 0 Å². The van der Waals surface area contributed by atoms with E-state index in [2.05, 4.69) is 23.2 Å². The van der Waals surface area contributed by atoms with E-state index in [1.807, 2.05) is 4.67 Å². The molecule has 0 amide bonds. The van der Waals surface area contributed by atoms with E-state index in [1.54, 1.807) is 0 Å². The van der Waals surface area contributed by atoms with Crippen molar-refractivity contribution in [1.29, 1.82) is 0 Å². The molecule has 3 nitrogen and oxygen atoms in total. The van der Waals surface area contributed by atoms with Gasteiger partial charge in [0.25, 0.3) is 0 Å². The Morgan fingerprint density at radius 2 is 2.42 bits per heavy atom. The maximum absolute atomic E-state index is 11.3. The second kappa shape index (κ2) is 4.20. The number of cyclic esters (lactones) is 1. The monoisotopic (exact) mass is 189 g/mol. The number of carbonyl (C=O) groups excluding carboxylic acids is 1. The van der Waals surface area contributed by atoms with Gasteiger partial charge in [0.15, 0.2) is 0 Å². The van der Waals surface area contributed by atoms with Gasteiger partial charge in [-0.1, -0.05) is 22.7 Å². The van der Waals surface area contributed by atoms with Crippen molar-refractivity contribution < 1.29 is 9.53 Å². The van der Waals surface area contributed by atoms with E-state index < -0.39 is 0 Å². The zero-order valence-corrected chi connectivity index (χ0v) is 8.77. The van der Waals surface area contributed by atoms with Crippen molar-refractivity contribution in [2.75, 3.05) is 6.61 Å². The zero-order chi connectivity index (χ0) is 9.14. The molecule has 0 radical (unpaired) electrons. The van der Waals surface area contributed by atoms with Crippen LogP contribution >= 0.6 is 9.39 Å². The van der Waals surface area contributed by atoms with Gasteiger partial charge in [-0.3, -0.25) is 9.46 Å². The summed E-state index contributed by atoms with van der Waals surface area (Å²) in [5.41, 5.74) is 0. The number of hydrogen-bond donors (Lipinski definition) is 0. The van der Waals surface area contributed by atoms with Gasteiger partial charge in [0.05, 0.1) is 0 Å². The lowest BCUT2D eigenvalue weighted by Crippen LogP contribution is -2.48. The summed E-state index contributed by atoms with van der Waals surface area (Å²) in [6.45, 7) is 4.65. The van der Waals surface area contributed by atoms with E-state index in [0.717, 1.165) is 12.8 Å². The SMILES string of the molecule is CCC[C@H]1C(=O)OC[C@H](C)N1P. The van der Waals surface area contributed by atoms with E-state index in [4.69, 9.17) is 4.74 Å². The van der Waals surface area contributed by atoms with E-state index in [-0.39, 0.29) is 12.0 Å². The Morgan fingerprint density at radius 3 is 3.00 bits per heavy atom. The van der Waals surface area contributed by atoms with Crippen molar-refractivity contribution in [3.63, 3.8) is 0 Å². The van der Waals surface area contributed by atoms with Crippen LogP contribution in [0.5, 0.6) is 0 Å². The largest absolute Gasteiger partial charge is 0.463 e. The standard InChI is InChI=1S/C8H16NO2P/c1-3-4-7-8(10)11-5-6(2)9(7)12/h6-7H,3-5,12H2,1-2H3/t6-,7-/m0/s1. The highest BCUT2D eigenvalue weighted by molar-refractivity contribution is 7.13. The second-order valence-corrected chi connectivity index (χ2v) is 3.83. The van der Waals surface area contributed by atoms with Crippen LogP contribution in [0.2, 0.25) is 0 Å². The average molecular weight is 189 g/mol. The predicted octanol–water partition coefficient (Wildman–Crippen LogP) is 1.19. The number of carbonyl (C=O) groups is 1. The molecule has 12 heavy (non-hydrogen) atoms. The molecule has 1 unspecified atom stereocenters. The molecule has 0 spiro atoms. The Bertz CT molecular complexity index is 174. The van der Waals surface area contributed by atoms with Crippen LogP contribution in [-0.4, -0.2) is 29.3 Å². The number of ether oxygens (including phenoxy) is 1. The lowest BCUT2D eigenvalue weighted by molar-refractivity contribution is -0.156. The number of nitrogens with zero attached hydrogens (tertiary/aromatic N) is 1. The molecule has 3 atom stereocenters. The van der Waals surface area contributed by atoms with Crippen LogP contribution in [0.3, 0.4) is 0 Å². The second-order valence-electron chi connectivity index (χ2n) is 3.23. The fraction of sp³-hybridized carbons (Fsp3) is 0.875. The molecule has 1 fully saturated rings. The first-order valence-corrected chi connectivity index (χ1v) is 4.88. The molecule has 1 aliphatic rings. The minimum absolute atomic E-state index is 0.0521. The van der Waals surface area contributed by atoms with Gasteiger partial charge in [-0.15, -0.1) is 0 Å². The summed E-state index contributed by atoms with van der Waals surface area (Å²) >= 11 is 0. The van der Waals surface area contributed by atoms with Crippen LogP contribution in [0.1, 0.15) is 26.7 Å². The fourth-order valence-electron chi connectivity index (χ4n) is 1.35. The lowest BCUT2D eigenvalue weighted by Gasteiger charge is -2.35. The number of hydrogen-bond acceptors (Lipinski definition) is 3. The summed E-state index contributed by atoms with van der Waals surface area (Å²) in [5.74, 6) is -0.0787. The molecule has 4 heteroatoms. The van der Waals surface area contributed by atoms with Crippen LogP contribution in [0.25, 0.3) is 0 Å². The summed E-state index contributed by atoms with van der Waals surface area (Å²) in [6.07, 6.45) is 1.89.